The van der Waals surface area contributed by atoms with E-state index in [4.69, 9.17) is 0 Å². The van der Waals surface area contributed by atoms with Gasteiger partial charge in [0.2, 0.25) is 0 Å². The van der Waals surface area contributed by atoms with Crippen molar-refractivity contribution in [3.8, 4) is 11.1 Å². The maximum Gasteiger partial charge on any atom is 0.0379 e. The Morgan fingerprint density at radius 3 is 2.68 bits per heavy atom. The summed E-state index contributed by atoms with van der Waals surface area (Å²) in [6.07, 6.45) is 6.39. The van der Waals surface area contributed by atoms with Gasteiger partial charge in [0.15, 0.2) is 0 Å². The van der Waals surface area contributed by atoms with Gasteiger partial charge in [-0.1, -0.05) is 30.3 Å². The molecule has 0 atom stereocenters. The standard InChI is InChI=1S/C18H19N/c1-2-5-14-12-15(9-8-13(14)4-1)16-6-3-7-18-17(16)10-11-19-18/h3,6-9,12,19H,1-2,4-5,10-11H2. The van der Waals surface area contributed by atoms with E-state index in [1.807, 2.05) is 0 Å². The topological polar surface area (TPSA) is 12.0 Å². The number of hydrogen-bond acceptors (Lipinski definition) is 1. The van der Waals surface area contributed by atoms with E-state index >= 15 is 0 Å². The van der Waals surface area contributed by atoms with Crippen LogP contribution in [0.25, 0.3) is 11.1 Å². The normalized spacial score (nSPS) is 16.6. The zero-order valence-electron chi connectivity index (χ0n) is 11.2. The van der Waals surface area contributed by atoms with Crippen LogP contribution in [0.3, 0.4) is 0 Å². The molecule has 19 heavy (non-hydrogen) atoms. The average molecular weight is 249 g/mol. The Hall–Kier alpha value is -1.76. The molecule has 0 saturated heterocycles. The Morgan fingerprint density at radius 2 is 1.74 bits per heavy atom. The van der Waals surface area contributed by atoms with Crippen LogP contribution in [-0.2, 0) is 19.3 Å². The fourth-order valence-electron chi connectivity index (χ4n) is 3.52. The third-order valence-electron chi connectivity index (χ3n) is 4.53. The Kier molecular flexibility index (Phi) is 2.58. The third-order valence-corrected chi connectivity index (χ3v) is 4.53. The number of rotatable bonds is 1. The number of fused-ring (bicyclic) bond motifs is 2. The van der Waals surface area contributed by atoms with E-state index in [2.05, 4.69) is 41.7 Å². The van der Waals surface area contributed by atoms with E-state index in [0.717, 1.165) is 13.0 Å². The zero-order valence-corrected chi connectivity index (χ0v) is 11.2. The predicted octanol–water partition coefficient (Wildman–Crippen LogP) is 4.20. The van der Waals surface area contributed by atoms with Gasteiger partial charge in [-0.2, -0.15) is 0 Å². The Labute approximate surface area is 114 Å². The highest BCUT2D eigenvalue weighted by Gasteiger charge is 2.16. The highest BCUT2D eigenvalue weighted by atomic mass is 14.9. The van der Waals surface area contributed by atoms with E-state index in [9.17, 15) is 0 Å². The van der Waals surface area contributed by atoms with Crippen LogP contribution >= 0.6 is 0 Å². The molecule has 1 aliphatic heterocycles. The molecule has 1 N–H and O–H groups in total. The molecule has 1 heteroatoms. The van der Waals surface area contributed by atoms with Crippen molar-refractivity contribution in [2.75, 3.05) is 11.9 Å². The number of hydrogen-bond donors (Lipinski definition) is 1. The highest BCUT2D eigenvalue weighted by molar-refractivity contribution is 5.76. The minimum absolute atomic E-state index is 1.08. The molecule has 0 bridgehead atoms. The second-order valence-corrected chi connectivity index (χ2v) is 5.70. The van der Waals surface area contributed by atoms with E-state index in [1.54, 1.807) is 11.1 Å². The molecule has 2 aliphatic rings. The van der Waals surface area contributed by atoms with Crippen LogP contribution in [0.2, 0.25) is 0 Å². The van der Waals surface area contributed by atoms with Gasteiger partial charge in [0, 0.05) is 12.2 Å². The largest absolute Gasteiger partial charge is 0.384 e. The molecular weight excluding hydrogens is 230 g/mol. The second kappa shape index (κ2) is 4.41. The van der Waals surface area contributed by atoms with Crippen LogP contribution in [-0.4, -0.2) is 6.54 Å². The molecule has 1 heterocycles. The molecule has 0 unspecified atom stereocenters. The van der Waals surface area contributed by atoms with Crippen LogP contribution in [0.5, 0.6) is 0 Å². The first-order valence-electron chi connectivity index (χ1n) is 7.40. The SMILES string of the molecule is c1cc2c(c(-c3ccc4c(c3)CCCC4)c1)CCN2. The minimum Gasteiger partial charge on any atom is -0.384 e. The van der Waals surface area contributed by atoms with Crippen LogP contribution in [0, 0.1) is 0 Å². The molecule has 2 aromatic rings. The van der Waals surface area contributed by atoms with Crippen molar-refractivity contribution < 1.29 is 0 Å². The predicted molar refractivity (Wildman–Crippen MR) is 80.7 cm³/mol. The van der Waals surface area contributed by atoms with Crippen LogP contribution in [0.15, 0.2) is 36.4 Å². The Morgan fingerprint density at radius 1 is 0.842 bits per heavy atom. The molecule has 2 aromatic carbocycles. The van der Waals surface area contributed by atoms with E-state index in [0.29, 0.717) is 0 Å². The molecule has 0 spiro atoms. The van der Waals surface area contributed by atoms with Crippen molar-refractivity contribution in [2.45, 2.75) is 32.1 Å². The number of anilines is 1. The molecule has 0 saturated carbocycles. The molecule has 96 valence electrons. The quantitative estimate of drug-likeness (QED) is 0.798. The fraction of sp³-hybridized carbons (Fsp3) is 0.333. The number of aryl methyl sites for hydroxylation is 2. The van der Waals surface area contributed by atoms with Gasteiger partial charge in [-0.3, -0.25) is 0 Å². The van der Waals surface area contributed by atoms with Crippen molar-refractivity contribution in [3.63, 3.8) is 0 Å². The monoisotopic (exact) mass is 249 g/mol. The highest BCUT2D eigenvalue weighted by Crippen LogP contribution is 2.34. The first-order valence-corrected chi connectivity index (χ1v) is 7.40. The Bertz CT molecular complexity index is 628. The van der Waals surface area contributed by atoms with Crippen LogP contribution in [0.1, 0.15) is 29.5 Å². The molecule has 0 aromatic heterocycles. The van der Waals surface area contributed by atoms with Crippen molar-refractivity contribution in [1.82, 2.24) is 0 Å². The maximum absolute atomic E-state index is 3.47. The van der Waals surface area contributed by atoms with Gasteiger partial charge >= 0.3 is 0 Å². The van der Waals surface area contributed by atoms with Gasteiger partial charge in [0.05, 0.1) is 0 Å². The number of nitrogens with one attached hydrogen (secondary N) is 1. The Balaban J connectivity index is 1.83. The summed E-state index contributed by atoms with van der Waals surface area (Å²) in [5.41, 5.74) is 8.80. The molecule has 0 amide bonds. The zero-order chi connectivity index (χ0) is 12.7. The van der Waals surface area contributed by atoms with Gasteiger partial charge in [0.25, 0.3) is 0 Å². The van der Waals surface area contributed by atoms with Gasteiger partial charge in [-0.05, 0) is 66.0 Å². The summed E-state index contributed by atoms with van der Waals surface area (Å²) in [6, 6.07) is 13.7. The fourth-order valence-corrected chi connectivity index (χ4v) is 3.52. The first kappa shape index (κ1) is 11.1. The number of benzene rings is 2. The molecule has 1 aliphatic carbocycles. The molecule has 0 fully saturated rings. The summed E-state index contributed by atoms with van der Waals surface area (Å²) < 4.78 is 0. The summed E-state index contributed by atoms with van der Waals surface area (Å²) in [6.45, 7) is 1.08. The van der Waals surface area contributed by atoms with Gasteiger partial charge in [-0.25, -0.2) is 0 Å². The lowest BCUT2D eigenvalue weighted by atomic mass is 9.88. The summed E-state index contributed by atoms with van der Waals surface area (Å²) >= 11 is 0. The van der Waals surface area contributed by atoms with Crippen LogP contribution < -0.4 is 5.32 Å². The van der Waals surface area contributed by atoms with E-state index < -0.39 is 0 Å². The van der Waals surface area contributed by atoms with Gasteiger partial charge in [-0.15, -0.1) is 0 Å². The van der Waals surface area contributed by atoms with Crippen molar-refractivity contribution in [3.05, 3.63) is 53.1 Å². The molecule has 1 nitrogen and oxygen atoms in total. The summed E-state index contributed by atoms with van der Waals surface area (Å²) in [4.78, 5) is 0. The average Bonchev–Trinajstić information content (AvgIpc) is 2.95. The maximum atomic E-state index is 3.47. The molecular formula is C18H19N. The summed E-state index contributed by atoms with van der Waals surface area (Å²) in [7, 11) is 0. The summed E-state index contributed by atoms with van der Waals surface area (Å²) in [5, 5.41) is 3.47. The lowest BCUT2D eigenvalue weighted by Crippen LogP contribution is -2.02. The van der Waals surface area contributed by atoms with Crippen molar-refractivity contribution in [2.24, 2.45) is 0 Å². The lowest BCUT2D eigenvalue weighted by Gasteiger charge is -2.17. The van der Waals surface area contributed by atoms with Gasteiger partial charge in [0.1, 0.15) is 0 Å². The van der Waals surface area contributed by atoms with Gasteiger partial charge < -0.3 is 5.32 Å². The van der Waals surface area contributed by atoms with E-state index in [1.165, 1.54) is 48.1 Å². The van der Waals surface area contributed by atoms with Crippen molar-refractivity contribution >= 4 is 5.69 Å². The third kappa shape index (κ3) is 1.85. The smallest absolute Gasteiger partial charge is 0.0379 e. The lowest BCUT2D eigenvalue weighted by molar-refractivity contribution is 0.686. The van der Waals surface area contributed by atoms with Crippen LogP contribution in [0.4, 0.5) is 5.69 Å². The summed E-state index contributed by atoms with van der Waals surface area (Å²) in [5.74, 6) is 0. The van der Waals surface area contributed by atoms with Crippen molar-refractivity contribution in [1.29, 1.82) is 0 Å². The second-order valence-electron chi connectivity index (χ2n) is 5.70. The van der Waals surface area contributed by atoms with E-state index in [-0.39, 0.29) is 0 Å². The molecule has 0 radical (unpaired) electrons. The minimum atomic E-state index is 1.08. The molecule has 4 rings (SSSR count). The first-order chi connectivity index (χ1) is 9.42.